The zero-order valence-electron chi connectivity index (χ0n) is 12.2. The summed E-state index contributed by atoms with van der Waals surface area (Å²) in [4.78, 5) is 17.0. The van der Waals surface area contributed by atoms with Gasteiger partial charge in [0.1, 0.15) is 0 Å². The van der Waals surface area contributed by atoms with E-state index in [9.17, 15) is 4.79 Å². The Hall–Kier alpha value is -2.18. The molecule has 0 atom stereocenters. The summed E-state index contributed by atoms with van der Waals surface area (Å²) in [5, 5.41) is 0. The van der Waals surface area contributed by atoms with E-state index in [0.717, 1.165) is 10.2 Å². The third kappa shape index (κ3) is 3.03. The number of benzene rings is 1. The van der Waals surface area contributed by atoms with E-state index in [2.05, 4.69) is 4.99 Å². The molecule has 5 nitrogen and oxygen atoms in total. The van der Waals surface area contributed by atoms with E-state index < -0.39 is 0 Å². The molecule has 1 aromatic carbocycles. The monoisotopic (exact) mass is 316 g/mol. The summed E-state index contributed by atoms with van der Waals surface area (Å²) in [5.41, 5.74) is 1.05. The van der Waals surface area contributed by atoms with Crippen molar-refractivity contribution in [3.05, 3.63) is 53.2 Å². The molecule has 22 heavy (non-hydrogen) atoms. The summed E-state index contributed by atoms with van der Waals surface area (Å²) in [6, 6.07) is 11.3. The second-order valence-electron chi connectivity index (χ2n) is 4.60. The molecule has 6 heteroatoms. The van der Waals surface area contributed by atoms with Crippen molar-refractivity contribution in [2.75, 3.05) is 13.2 Å². The van der Waals surface area contributed by atoms with Crippen LogP contribution in [0, 0.1) is 0 Å². The minimum atomic E-state index is -0.373. The number of fused-ring (bicyclic) bond motifs is 1. The Bertz CT molecular complexity index is 831. The molecule has 3 rings (SSSR count). The first-order chi connectivity index (χ1) is 10.8. The minimum absolute atomic E-state index is 0.244. The maximum absolute atomic E-state index is 12.1. The van der Waals surface area contributed by atoms with Crippen LogP contribution in [-0.2, 0) is 11.3 Å². The van der Waals surface area contributed by atoms with Crippen LogP contribution in [0.15, 0.2) is 52.1 Å². The Balaban J connectivity index is 2.03. The first kappa shape index (κ1) is 14.7. The van der Waals surface area contributed by atoms with Crippen LogP contribution in [0.25, 0.3) is 10.2 Å². The molecule has 0 bridgehead atoms. The van der Waals surface area contributed by atoms with E-state index in [-0.39, 0.29) is 11.7 Å². The molecule has 114 valence electrons. The summed E-state index contributed by atoms with van der Waals surface area (Å²) in [6.45, 7) is 3.87. The number of aromatic nitrogens is 1. The average Bonchev–Trinajstić information content (AvgIpc) is 3.16. The SMILES string of the molecule is CCOCCn1c(=NC(=O)c2ccco2)sc2ccccc21. The maximum atomic E-state index is 12.1. The van der Waals surface area contributed by atoms with Crippen LogP contribution >= 0.6 is 11.3 Å². The van der Waals surface area contributed by atoms with E-state index in [1.54, 1.807) is 12.1 Å². The molecule has 2 heterocycles. The fourth-order valence-electron chi connectivity index (χ4n) is 2.16. The van der Waals surface area contributed by atoms with Gasteiger partial charge in [0.2, 0.25) is 0 Å². The smallest absolute Gasteiger partial charge is 0.315 e. The Morgan fingerprint density at radius 2 is 2.18 bits per heavy atom. The lowest BCUT2D eigenvalue weighted by Crippen LogP contribution is -2.19. The molecule has 0 fully saturated rings. The molecule has 0 N–H and O–H groups in total. The summed E-state index contributed by atoms with van der Waals surface area (Å²) < 4.78 is 13.6. The highest BCUT2D eigenvalue weighted by Crippen LogP contribution is 2.16. The highest BCUT2D eigenvalue weighted by atomic mass is 32.1. The Kier molecular flexibility index (Phi) is 4.50. The molecule has 0 saturated carbocycles. The number of carbonyl (C=O) groups excluding carboxylic acids is 1. The normalized spacial score (nSPS) is 12.1. The van der Waals surface area contributed by atoms with Crippen molar-refractivity contribution in [1.82, 2.24) is 4.57 Å². The predicted molar refractivity (Wildman–Crippen MR) is 84.9 cm³/mol. The van der Waals surface area contributed by atoms with Gasteiger partial charge in [-0.2, -0.15) is 4.99 Å². The van der Waals surface area contributed by atoms with Crippen LogP contribution in [0.5, 0.6) is 0 Å². The van der Waals surface area contributed by atoms with E-state index in [0.29, 0.717) is 24.6 Å². The van der Waals surface area contributed by atoms with Gasteiger partial charge in [-0.15, -0.1) is 0 Å². The van der Waals surface area contributed by atoms with Crippen LogP contribution in [0.4, 0.5) is 0 Å². The first-order valence-corrected chi connectivity index (χ1v) is 7.90. The molecule has 0 radical (unpaired) electrons. The molecule has 0 aliphatic rings. The molecule has 1 amide bonds. The van der Waals surface area contributed by atoms with Gasteiger partial charge in [-0.1, -0.05) is 23.5 Å². The molecule has 0 aliphatic heterocycles. The third-order valence-corrected chi connectivity index (χ3v) is 4.24. The second kappa shape index (κ2) is 6.72. The van der Waals surface area contributed by atoms with Crippen molar-refractivity contribution in [2.45, 2.75) is 13.5 Å². The summed E-state index contributed by atoms with van der Waals surface area (Å²) in [7, 11) is 0. The molecule has 0 aliphatic carbocycles. The largest absolute Gasteiger partial charge is 0.459 e. The molecule has 0 saturated heterocycles. The van der Waals surface area contributed by atoms with Crippen LogP contribution in [0.1, 0.15) is 17.5 Å². The Morgan fingerprint density at radius 1 is 1.32 bits per heavy atom. The molecule has 0 spiro atoms. The zero-order valence-corrected chi connectivity index (χ0v) is 13.0. The van der Waals surface area contributed by atoms with Gasteiger partial charge in [0.25, 0.3) is 0 Å². The molecule has 3 aromatic rings. The van der Waals surface area contributed by atoms with Crippen molar-refractivity contribution in [3.8, 4) is 0 Å². The lowest BCUT2D eigenvalue weighted by atomic mass is 10.3. The summed E-state index contributed by atoms with van der Waals surface area (Å²) in [5.74, 6) is -0.129. The lowest BCUT2D eigenvalue weighted by molar-refractivity contribution is 0.0970. The van der Waals surface area contributed by atoms with Gasteiger partial charge in [0.05, 0.1) is 23.1 Å². The van der Waals surface area contributed by atoms with Crippen molar-refractivity contribution >= 4 is 27.5 Å². The fraction of sp³-hybridized carbons (Fsp3) is 0.250. The third-order valence-electron chi connectivity index (χ3n) is 3.18. The van der Waals surface area contributed by atoms with Crippen molar-refractivity contribution in [1.29, 1.82) is 0 Å². The first-order valence-electron chi connectivity index (χ1n) is 7.08. The zero-order chi connectivity index (χ0) is 15.4. The van der Waals surface area contributed by atoms with Crippen molar-refractivity contribution < 1.29 is 13.9 Å². The number of hydrogen-bond acceptors (Lipinski definition) is 4. The quantitative estimate of drug-likeness (QED) is 0.680. The predicted octanol–water partition coefficient (Wildman–Crippen LogP) is 3.07. The van der Waals surface area contributed by atoms with Crippen LogP contribution in [0.3, 0.4) is 0 Å². The second-order valence-corrected chi connectivity index (χ2v) is 5.60. The molecular formula is C16H16N2O3S. The number of nitrogens with zero attached hydrogens (tertiary/aromatic N) is 2. The van der Waals surface area contributed by atoms with Gasteiger partial charge < -0.3 is 13.7 Å². The summed E-state index contributed by atoms with van der Waals surface area (Å²) in [6.07, 6.45) is 1.47. The topological polar surface area (TPSA) is 56.7 Å². The van der Waals surface area contributed by atoms with Gasteiger partial charge in [-0.05, 0) is 31.2 Å². The van der Waals surface area contributed by atoms with Crippen molar-refractivity contribution in [2.24, 2.45) is 4.99 Å². The van der Waals surface area contributed by atoms with Gasteiger partial charge in [0, 0.05) is 13.2 Å². The number of rotatable bonds is 5. The number of ether oxygens (including phenoxy) is 1. The lowest BCUT2D eigenvalue weighted by Gasteiger charge is -2.05. The number of carbonyl (C=O) groups is 1. The maximum Gasteiger partial charge on any atom is 0.315 e. The van der Waals surface area contributed by atoms with E-state index in [1.807, 2.05) is 35.8 Å². The number of para-hydroxylation sites is 1. The van der Waals surface area contributed by atoms with Crippen LogP contribution in [0.2, 0.25) is 0 Å². The molecule has 2 aromatic heterocycles. The van der Waals surface area contributed by atoms with Gasteiger partial charge in [0.15, 0.2) is 10.6 Å². The number of amides is 1. The summed E-state index contributed by atoms with van der Waals surface area (Å²) >= 11 is 1.49. The number of thiazole rings is 1. The number of furan rings is 1. The molecule has 0 unspecified atom stereocenters. The highest BCUT2D eigenvalue weighted by Gasteiger charge is 2.10. The Labute approximate surface area is 131 Å². The van der Waals surface area contributed by atoms with Crippen LogP contribution in [-0.4, -0.2) is 23.7 Å². The van der Waals surface area contributed by atoms with Crippen molar-refractivity contribution in [3.63, 3.8) is 0 Å². The fourth-order valence-corrected chi connectivity index (χ4v) is 3.22. The molecular weight excluding hydrogens is 300 g/mol. The van der Waals surface area contributed by atoms with E-state index >= 15 is 0 Å². The van der Waals surface area contributed by atoms with Crippen LogP contribution < -0.4 is 4.80 Å². The van der Waals surface area contributed by atoms with Gasteiger partial charge >= 0.3 is 5.91 Å². The van der Waals surface area contributed by atoms with Gasteiger partial charge in [-0.25, -0.2) is 0 Å². The number of hydrogen-bond donors (Lipinski definition) is 0. The van der Waals surface area contributed by atoms with E-state index in [4.69, 9.17) is 9.15 Å². The average molecular weight is 316 g/mol. The minimum Gasteiger partial charge on any atom is -0.459 e. The standard InChI is InChI=1S/C16H16N2O3S/c1-2-20-11-9-18-12-6-3-4-8-14(12)22-16(18)17-15(19)13-7-5-10-21-13/h3-8,10H,2,9,11H2,1H3. The Morgan fingerprint density at radius 3 is 2.95 bits per heavy atom. The van der Waals surface area contributed by atoms with Gasteiger partial charge in [-0.3, -0.25) is 4.79 Å². The highest BCUT2D eigenvalue weighted by molar-refractivity contribution is 7.16. The van der Waals surface area contributed by atoms with E-state index in [1.165, 1.54) is 17.6 Å².